The molecule has 0 amide bonds. The molecular weight excluding hydrogens is 272 g/mol. The van der Waals surface area contributed by atoms with Crippen molar-refractivity contribution >= 4 is 31.5 Å². The first kappa shape index (κ1) is 12.9. The van der Waals surface area contributed by atoms with Crippen LogP contribution in [-0.2, 0) is 0 Å². The molecule has 3 rings (SSSR count). The maximum absolute atomic E-state index is 12.8. The number of hydrogen-bond acceptors (Lipinski definition) is 4. The van der Waals surface area contributed by atoms with Crippen LogP contribution in [0.25, 0.3) is 20.2 Å². The molecule has 0 unspecified atom stereocenters. The van der Waals surface area contributed by atoms with Gasteiger partial charge in [-0.05, 0) is 31.2 Å². The van der Waals surface area contributed by atoms with E-state index in [-0.39, 0.29) is 5.43 Å². The van der Waals surface area contributed by atoms with E-state index in [1.54, 1.807) is 18.4 Å². The highest BCUT2D eigenvalue weighted by molar-refractivity contribution is 7.24. The normalized spacial score (nSPS) is 10.9. The van der Waals surface area contributed by atoms with E-state index in [1.807, 2.05) is 43.3 Å². The second-order valence-electron chi connectivity index (χ2n) is 4.33. The Morgan fingerprint density at radius 1 is 1.00 bits per heavy atom. The number of hydrogen-bond donors (Lipinski definition) is 0. The molecule has 4 heteroatoms. The molecular formula is C16H14O3S. The van der Waals surface area contributed by atoms with E-state index in [0.717, 1.165) is 9.40 Å². The second-order valence-corrected chi connectivity index (χ2v) is 5.41. The van der Waals surface area contributed by atoms with Gasteiger partial charge in [0.25, 0.3) is 0 Å². The molecule has 0 saturated heterocycles. The number of ether oxygens (including phenoxy) is 2. The molecule has 0 bridgehead atoms. The summed E-state index contributed by atoms with van der Waals surface area (Å²) in [7, 11) is 1.58. The molecule has 0 spiro atoms. The van der Waals surface area contributed by atoms with Gasteiger partial charge >= 0.3 is 0 Å². The van der Waals surface area contributed by atoms with Gasteiger partial charge in [0.1, 0.15) is 11.5 Å². The minimum absolute atomic E-state index is 0.0322. The molecule has 3 nitrogen and oxygen atoms in total. The van der Waals surface area contributed by atoms with Crippen LogP contribution in [0.5, 0.6) is 11.5 Å². The predicted molar refractivity (Wildman–Crippen MR) is 83.3 cm³/mol. The lowest BCUT2D eigenvalue weighted by Crippen LogP contribution is -2.05. The van der Waals surface area contributed by atoms with Gasteiger partial charge in [0, 0.05) is 9.40 Å². The van der Waals surface area contributed by atoms with E-state index in [9.17, 15) is 4.79 Å². The quantitative estimate of drug-likeness (QED) is 0.687. The fraction of sp³-hybridized carbons (Fsp3) is 0.188. The third-order valence-corrected chi connectivity index (χ3v) is 4.29. The number of methoxy groups -OCH3 is 1. The average molecular weight is 286 g/mol. The molecule has 2 aromatic carbocycles. The summed E-state index contributed by atoms with van der Waals surface area (Å²) in [5.74, 6) is 1.25. The summed E-state index contributed by atoms with van der Waals surface area (Å²) in [4.78, 5) is 12.8. The maximum atomic E-state index is 12.8. The average Bonchev–Trinajstić information content (AvgIpc) is 2.47. The topological polar surface area (TPSA) is 35.5 Å². The largest absolute Gasteiger partial charge is 0.496 e. The smallest absolute Gasteiger partial charge is 0.203 e. The first-order chi connectivity index (χ1) is 9.76. The van der Waals surface area contributed by atoms with Crippen LogP contribution in [0.2, 0.25) is 0 Å². The summed E-state index contributed by atoms with van der Waals surface area (Å²) >= 11 is 1.57. The summed E-state index contributed by atoms with van der Waals surface area (Å²) in [5.41, 5.74) is -0.0322. The second kappa shape index (κ2) is 5.13. The maximum Gasteiger partial charge on any atom is 0.203 e. The first-order valence-electron chi connectivity index (χ1n) is 6.41. The highest BCUT2D eigenvalue weighted by Crippen LogP contribution is 2.33. The van der Waals surface area contributed by atoms with Gasteiger partial charge in [-0.3, -0.25) is 4.79 Å². The third-order valence-electron chi connectivity index (χ3n) is 3.17. The summed E-state index contributed by atoms with van der Waals surface area (Å²) in [6.45, 7) is 2.45. The first-order valence-corrected chi connectivity index (χ1v) is 7.23. The number of benzene rings is 2. The molecule has 102 valence electrons. The van der Waals surface area contributed by atoms with Gasteiger partial charge in [-0.1, -0.05) is 12.1 Å². The van der Waals surface area contributed by atoms with Crippen molar-refractivity contribution in [3.05, 3.63) is 46.6 Å². The molecule has 3 aromatic rings. The Kier molecular flexibility index (Phi) is 3.32. The van der Waals surface area contributed by atoms with Gasteiger partial charge in [0.05, 0.1) is 24.5 Å². The van der Waals surface area contributed by atoms with Crippen LogP contribution >= 0.6 is 11.3 Å². The number of fused-ring (bicyclic) bond motifs is 2. The lowest BCUT2D eigenvalue weighted by molar-refractivity contribution is 0.344. The van der Waals surface area contributed by atoms with Crippen molar-refractivity contribution in [2.45, 2.75) is 6.92 Å². The SMILES string of the molecule is CCOc1cccc2sc3cccc(OC)c3c(=O)c12. The Morgan fingerprint density at radius 2 is 1.60 bits per heavy atom. The summed E-state index contributed by atoms with van der Waals surface area (Å²) in [6.07, 6.45) is 0. The van der Waals surface area contributed by atoms with E-state index in [2.05, 4.69) is 0 Å². The summed E-state index contributed by atoms with van der Waals surface area (Å²) in [5, 5.41) is 1.26. The third kappa shape index (κ3) is 1.93. The van der Waals surface area contributed by atoms with Crippen LogP contribution in [0.3, 0.4) is 0 Å². The Balaban J connectivity index is 2.50. The molecule has 0 aliphatic carbocycles. The zero-order chi connectivity index (χ0) is 14.1. The van der Waals surface area contributed by atoms with Gasteiger partial charge < -0.3 is 9.47 Å². The fourth-order valence-electron chi connectivity index (χ4n) is 2.33. The van der Waals surface area contributed by atoms with Crippen LogP contribution in [0.15, 0.2) is 41.2 Å². The highest BCUT2D eigenvalue weighted by atomic mass is 32.1. The minimum Gasteiger partial charge on any atom is -0.496 e. The van der Waals surface area contributed by atoms with Crippen molar-refractivity contribution in [1.29, 1.82) is 0 Å². The zero-order valence-corrected chi connectivity index (χ0v) is 12.1. The molecule has 1 aromatic heterocycles. The Hall–Kier alpha value is -2.07. The lowest BCUT2D eigenvalue weighted by atomic mass is 10.1. The number of rotatable bonds is 3. The van der Waals surface area contributed by atoms with Crippen LogP contribution < -0.4 is 14.9 Å². The summed E-state index contributed by atoms with van der Waals surface area (Å²) in [6, 6.07) is 11.3. The van der Waals surface area contributed by atoms with Gasteiger partial charge in [-0.25, -0.2) is 0 Å². The van der Waals surface area contributed by atoms with Crippen molar-refractivity contribution < 1.29 is 9.47 Å². The molecule has 0 saturated carbocycles. The molecule has 1 heterocycles. The molecule has 0 atom stereocenters. The monoisotopic (exact) mass is 286 g/mol. The minimum atomic E-state index is -0.0322. The van der Waals surface area contributed by atoms with Gasteiger partial charge in [0.15, 0.2) is 0 Å². The highest BCUT2D eigenvalue weighted by Gasteiger charge is 2.13. The van der Waals surface area contributed by atoms with Gasteiger partial charge in [-0.2, -0.15) is 0 Å². The Morgan fingerprint density at radius 3 is 2.20 bits per heavy atom. The lowest BCUT2D eigenvalue weighted by Gasteiger charge is -2.09. The predicted octanol–water partition coefficient (Wildman–Crippen LogP) is 3.82. The van der Waals surface area contributed by atoms with Crippen LogP contribution in [0, 0.1) is 0 Å². The molecule has 20 heavy (non-hydrogen) atoms. The molecule has 0 radical (unpaired) electrons. The Bertz CT molecular complexity index is 836. The van der Waals surface area contributed by atoms with Crippen molar-refractivity contribution in [3.8, 4) is 11.5 Å². The van der Waals surface area contributed by atoms with Crippen molar-refractivity contribution in [3.63, 3.8) is 0 Å². The van der Waals surface area contributed by atoms with Crippen LogP contribution in [0.4, 0.5) is 0 Å². The van der Waals surface area contributed by atoms with Gasteiger partial charge in [0.2, 0.25) is 5.43 Å². The molecule has 0 aliphatic rings. The zero-order valence-electron chi connectivity index (χ0n) is 11.3. The Labute approximate surface area is 120 Å². The molecule has 0 aliphatic heterocycles. The molecule has 0 fully saturated rings. The van der Waals surface area contributed by atoms with Crippen LogP contribution in [0.1, 0.15) is 6.92 Å². The van der Waals surface area contributed by atoms with E-state index >= 15 is 0 Å². The standard InChI is InChI=1S/C16H14O3S/c1-3-19-11-7-5-9-13-15(11)16(17)14-10(18-2)6-4-8-12(14)20-13/h4-9H,3H2,1-2H3. The van der Waals surface area contributed by atoms with Gasteiger partial charge in [-0.15, -0.1) is 11.3 Å². The van der Waals surface area contributed by atoms with E-state index in [1.165, 1.54) is 0 Å². The molecule has 0 N–H and O–H groups in total. The van der Waals surface area contributed by atoms with Crippen molar-refractivity contribution in [2.75, 3.05) is 13.7 Å². The van der Waals surface area contributed by atoms with E-state index in [4.69, 9.17) is 9.47 Å². The fourth-order valence-corrected chi connectivity index (χ4v) is 3.45. The van der Waals surface area contributed by atoms with Crippen molar-refractivity contribution in [2.24, 2.45) is 0 Å². The van der Waals surface area contributed by atoms with Crippen LogP contribution in [-0.4, -0.2) is 13.7 Å². The summed E-state index contributed by atoms with van der Waals surface area (Å²) < 4.78 is 12.8. The van der Waals surface area contributed by atoms with E-state index < -0.39 is 0 Å². The van der Waals surface area contributed by atoms with E-state index in [0.29, 0.717) is 28.9 Å². The van der Waals surface area contributed by atoms with Crippen molar-refractivity contribution in [1.82, 2.24) is 0 Å².